The zero-order valence-electron chi connectivity index (χ0n) is 8.23. The second kappa shape index (κ2) is 3.14. The van der Waals surface area contributed by atoms with E-state index in [1.807, 2.05) is 25.1 Å². The van der Waals surface area contributed by atoms with Crippen LogP contribution in [0.15, 0.2) is 24.4 Å². The second-order valence-corrected chi connectivity index (χ2v) is 3.31. The quantitative estimate of drug-likeness (QED) is 0.688. The Bertz CT molecular complexity index is 459. The lowest BCUT2D eigenvalue weighted by atomic mass is 10.1. The van der Waals surface area contributed by atoms with E-state index in [0.717, 1.165) is 16.9 Å². The topological polar surface area (TPSA) is 56.7 Å². The zero-order valence-corrected chi connectivity index (χ0v) is 8.23. The summed E-state index contributed by atoms with van der Waals surface area (Å²) in [6, 6.07) is 5.88. The van der Waals surface area contributed by atoms with Gasteiger partial charge in [-0.2, -0.15) is 15.0 Å². The molecule has 0 amide bonds. The summed E-state index contributed by atoms with van der Waals surface area (Å²) in [5, 5.41) is 8.22. The normalized spacial score (nSPS) is 10.4. The van der Waals surface area contributed by atoms with Crippen LogP contribution >= 0.6 is 0 Å². The van der Waals surface area contributed by atoms with Gasteiger partial charge in [-0.05, 0) is 19.1 Å². The molecule has 0 spiro atoms. The Morgan fingerprint density at radius 3 is 2.79 bits per heavy atom. The largest absolute Gasteiger partial charge is 0.398 e. The molecular formula is C10H12N4. The highest BCUT2D eigenvalue weighted by Crippen LogP contribution is 2.24. The number of nitrogen functional groups attached to an aromatic ring is 1. The van der Waals surface area contributed by atoms with Crippen molar-refractivity contribution in [3.63, 3.8) is 0 Å². The molecule has 0 fully saturated rings. The maximum atomic E-state index is 5.85. The van der Waals surface area contributed by atoms with Crippen molar-refractivity contribution >= 4 is 5.69 Å². The third-order valence-corrected chi connectivity index (χ3v) is 2.08. The first-order chi connectivity index (χ1) is 6.66. The van der Waals surface area contributed by atoms with E-state index >= 15 is 0 Å². The van der Waals surface area contributed by atoms with Crippen molar-refractivity contribution in [2.75, 3.05) is 5.73 Å². The van der Waals surface area contributed by atoms with Crippen LogP contribution in [0.1, 0.15) is 5.56 Å². The van der Waals surface area contributed by atoms with Gasteiger partial charge in [0.1, 0.15) is 5.69 Å². The summed E-state index contributed by atoms with van der Waals surface area (Å²) in [7, 11) is 1.79. The Labute approximate surface area is 82.4 Å². The van der Waals surface area contributed by atoms with Crippen molar-refractivity contribution in [3.8, 4) is 11.3 Å². The molecule has 0 atom stereocenters. The Morgan fingerprint density at radius 2 is 2.14 bits per heavy atom. The minimum atomic E-state index is 0.733. The van der Waals surface area contributed by atoms with E-state index in [9.17, 15) is 0 Å². The molecule has 0 aliphatic carbocycles. The van der Waals surface area contributed by atoms with Crippen LogP contribution in [0.4, 0.5) is 5.69 Å². The number of hydrogen-bond acceptors (Lipinski definition) is 3. The number of benzene rings is 1. The van der Waals surface area contributed by atoms with E-state index in [0.29, 0.717) is 0 Å². The molecule has 0 saturated carbocycles. The number of rotatable bonds is 1. The van der Waals surface area contributed by atoms with Crippen LogP contribution in [0.25, 0.3) is 11.3 Å². The fourth-order valence-corrected chi connectivity index (χ4v) is 1.36. The van der Waals surface area contributed by atoms with E-state index < -0.39 is 0 Å². The third kappa shape index (κ3) is 1.46. The highest BCUT2D eigenvalue weighted by molar-refractivity contribution is 5.73. The lowest BCUT2D eigenvalue weighted by Crippen LogP contribution is -1.94. The molecule has 4 nitrogen and oxygen atoms in total. The van der Waals surface area contributed by atoms with Crippen molar-refractivity contribution in [1.29, 1.82) is 0 Å². The molecule has 2 aromatic rings. The first-order valence-electron chi connectivity index (χ1n) is 4.39. The summed E-state index contributed by atoms with van der Waals surface area (Å²) in [5.41, 5.74) is 9.51. The van der Waals surface area contributed by atoms with E-state index in [2.05, 4.69) is 10.2 Å². The first-order valence-corrected chi connectivity index (χ1v) is 4.39. The molecule has 72 valence electrons. The standard InChI is InChI=1S/C10H12N4/c1-7-3-4-9(11)8(5-7)10-6-12-14(2)13-10/h3-6H,11H2,1-2H3. The number of anilines is 1. The highest BCUT2D eigenvalue weighted by atomic mass is 15.4. The summed E-state index contributed by atoms with van der Waals surface area (Å²) in [5.74, 6) is 0. The van der Waals surface area contributed by atoms with Crippen LogP contribution in [-0.4, -0.2) is 15.0 Å². The molecule has 2 N–H and O–H groups in total. The van der Waals surface area contributed by atoms with Crippen molar-refractivity contribution in [2.45, 2.75) is 6.92 Å². The molecule has 1 heterocycles. The molecule has 0 aliphatic heterocycles. The summed E-state index contributed by atoms with van der Waals surface area (Å²) < 4.78 is 0. The van der Waals surface area contributed by atoms with Crippen LogP contribution in [0.2, 0.25) is 0 Å². The number of aromatic nitrogens is 3. The van der Waals surface area contributed by atoms with Crippen molar-refractivity contribution in [3.05, 3.63) is 30.0 Å². The van der Waals surface area contributed by atoms with Crippen LogP contribution in [-0.2, 0) is 7.05 Å². The summed E-state index contributed by atoms with van der Waals surface area (Å²) in [6.07, 6.45) is 1.71. The van der Waals surface area contributed by atoms with Gasteiger partial charge in [-0.1, -0.05) is 11.6 Å². The third-order valence-electron chi connectivity index (χ3n) is 2.08. The van der Waals surface area contributed by atoms with Crippen molar-refractivity contribution in [1.82, 2.24) is 15.0 Å². The summed E-state index contributed by atoms with van der Waals surface area (Å²) >= 11 is 0. The van der Waals surface area contributed by atoms with Gasteiger partial charge in [0.2, 0.25) is 0 Å². The van der Waals surface area contributed by atoms with E-state index in [1.165, 1.54) is 10.4 Å². The van der Waals surface area contributed by atoms with Gasteiger partial charge in [-0.25, -0.2) is 0 Å². The number of nitrogens with zero attached hydrogens (tertiary/aromatic N) is 3. The highest BCUT2D eigenvalue weighted by Gasteiger charge is 2.05. The minimum Gasteiger partial charge on any atom is -0.398 e. The number of aryl methyl sites for hydroxylation is 2. The van der Waals surface area contributed by atoms with Crippen LogP contribution in [0.5, 0.6) is 0 Å². The van der Waals surface area contributed by atoms with Gasteiger partial charge in [-0.3, -0.25) is 0 Å². The van der Waals surface area contributed by atoms with Gasteiger partial charge in [0.15, 0.2) is 0 Å². The molecule has 0 radical (unpaired) electrons. The Morgan fingerprint density at radius 1 is 1.36 bits per heavy atom. The molecule has 0 bridgehead atoms. The van der Waals surface area contributed by atoms with Crippen molar-refractivity contribution < 1.29 is 0 Å². The fourth-order valence-electron chi connectivity index (χ4n) is 1.36. The van der Waals surface area contributed by atoms with Gasteiger partial charge in [0.05, 0.1) is 6.20 Å². The average Bonchev–Trinajstić information content (AvgIpc) is 2.56. The van der Waals surface area contributed by atoms with Crippen molar-refractivity contribution in [2.24, 2.45) is 7.05 Å². The van der Waals surface area contributed by atoms with Gasteiger partial charge in [0, 0.05) is 18.3 Å². The van der Waals surface area contributed by atoms with Crippen LogP contribution < -0.4 is 5.73 Å². The zero-order chi connectivity index (χ0) is 10.1. The van der Waals surface area contributed by atoms with E-state index in [-0.39, 0.29) is 0 Å². The van der Waals surface area contributed by atoms with E-state index in [4.69, 9.17) is 5.73 Å². The maximum absolute atomic E-state index is 5.85. The SMILES string of the molecule is Cc1ccc(N)c(-c2cnn(C)n2)c1. The molecule has 1 aromatic carbocycles. The average molecular weight is 188 g/mol. The fraction of sp³-hybridized carbons (Fsp3) is 0.200. The number of nitrogens with two attached hydrogens (primary N) is 1. The molecule has 0 unspecified atom stereocenters. The Kier molecular flexibility index (Phi) is 1.96. The minimum absolute atomic E-state index is 0.733. The predicted molar refractivity (Wildman–Crippen MR) is 55.6 cm³/mol. The summed E-state index contributed by atoms with van der Waals surface area (Å²) in [4.78, 5) is 1.52. The number of hydrogen-bond donors (Lipinski definition) is 1. The lowest BCUT2D eigenvalue weighted by molar-refractivity contribution is 0.655. The van der Waals surface area contributed by atoms with Gasteiger partial charge in [0.25, 0.3) is 0 Å². The van der Waals surface area contributed by atoms with Crippen LogP contribution in [0, 0.1) is 6.92 Å². The Balaban J connectivity index is 2.55. The summed E-state index contributed by atoms with van der Waals surface area (Å²) in [6.45, 7) is 2.03. The lowest BCUT2D eigenvalue weighted by Gasteiger charge is -2.02. The smallest absolute Gasteiger partial charge is 0.115 e. The van der Waals surface area contributed by atoms with Gasteiger partial charge < -0.3 is 5.73 Å². The molecule has 4 heteroatoms. The van der Waals surface area contributed by atoms with E-state index in [1.54, 1.807) is 13.2 Å². The maximum Gasteiger partial charge on any atom is 0.115 e. The molecule has 2 rings (SSSR count). The molecule has 0 saturated heterocycles. The monoisotopic (exact) mass is 188 g/mol. The first kappa shape index (κ1) is 8.74. The molecule has 1 aromatic heterocycles. The second-order valence-electron chi connectivity index (χ2n) is 3.31. The van der Waals surface area contributed by atoms with Gasteiger partial charge >= 0.3 is 0 Å². The molecule has 0 aliphatic rings. The molecule has 14 heavy (non-hydrogen) atoms. The predicted octanol–water partition coefficient (Wildman–Crippen LogP) is 1.37. The van der Waals surface area contributed by atoms with Gasteiger partial charge in [-0.15, -0.1) is 0 Å². The van der Waals surface area contributed by atoms with Crippen LogP contribution in [0.3, 0.4) is 0 Å². The molecular weight excluding hydrogens is 176 g/mol. The Hall–Kier alpha value is -1.84.